The number of hydrogen-bond donors (Lipinski definition) is 1. The first-order chi connectivity index (χ1) is 9.65. The van der Waals surface area contributed by atoms with Crippen LogP contribution in [0.15, 0.2) is 42.5 Å². The Kier molecular flexibility index (Phi) is 4.74. The van der Waals surface area contributed by atoms with Gasteiger partial charge in [0.2, 0.25) is 0 Å². The fraction of sp³-hybridized carbons (Fsp3) is 0.294. The second-order valence-corrected chi connectivity index (χ2v) is 4.77. The summed E-state index contributed by atoms with van der Waals surface area (Å²) in [6.45, 7) is 4.90. The van der Waals surface area contributed by atoms with Crippen LogP contribution in [0.3, 0.4) is 0 Å². The number of rotatable bonds is 5. The van der Waals surface area contributed by atoms with Crippen LogP contribution >= 0.6 is 0 Å². The van der Waals surface area contributed by atoms with Gasteiger partial charge in [-0.3, -0.25) is 0 Å². The Bertz CT molecular complexity index is 583. The van der Waals surface area contributed by atoms with Gasteiger partial charge in [-0.2, -0.15) is 0 Å². The summed E-state index contributed by atoms with van der Waals surface area (Å²) in [5, 5.41) is 3.41. The second-order valence-electron chi connectivity index (χ2n) is 4.77. The van der Waals surface area contributed by atoms with Crippen molar-refractivity contribution in [1.29, 1.82) is 0 Å². The first-order valence-corrected chi connectivity index (χ1v) is 6.79. The van der Waals surface area contributed by atoms with Gasteiger partial charge in [0.05, 0.1) is 13.2 Å². The van der Waals surface area contributed by atoms with Crippen molar-refractivity contribution in [2.24, 2.45) is 0 Å². The van der Waals surface area contributed by atoms with Crippen LogP contribution in [0.5, 0.6) is 5.75 Å². The van der Waals surface area contributed by atoms with Crippen molar-refractivity contribution in [1.82, 2.24) is 5.32 Å². The lowest BCUT2D eigenvalue weighted by Crippen LogP contribution is -2.22. The zero-order chi connectivity index (χ0) is 14.5. The Morgan fingerprint density at radius 2 is 2.00 bits per heavy atom. The quantitative estimate of drug-likeness (QED) is 0.893. The summed E-state index contributed by atoms with van der Waals surface area (Å²) in [4.78, 5) is 0. The van der Waals surface area contributed by atoms with E-state index in [9.17, 15) is 4.39 Å². The van der Waals surface area contributed by atoms with Gasteiger partial charge in [0.15, 0.2) is 0 Å². The van der Waals surface area contributed by atoms with Crippen LogP contribution in [0.25, 0.3) is 0 Å². The summed E-state index contributed by atoms with van der Waals surface area (Å²) in [6, 6.07) is 12.7. The van der Waals surface area contributed by atoms with Crippen LogP contribution in [-0.2, 0) is 0 Å². The minimum atomic E-state index is -0.212. The summed E-state index contributed by atoms with van der Waals surface area (Å²) < 4.78 is 18.7. The van der Waals surface area contributed by atoms with Crippen molar-refractivity contribution >= 4 is 0 Å². The molecule has 0 aliphatic rings. The summed E-state index contributed by atoms with van der Waals surface area (Å²) in [5.74, 6) is 0.623. The Hall–Kier alpha value is -1.87. The number of aryl methyl sites for hydroxylation is 1. The molecule has 2 rings (SSSR count). The minimum Gasteiger partial charge on any atom is -0.497 e. The van der Waals surface area contributed by atoms with Crippen LogP contribution in [0, 0.1) is 12.7 Å². The van der Waals surface area contributed by atoms with E-state index in [1.165, 1.54) is 6.07 Å². The van der Waals surface area contributed by atoms with Crippen molar-refractivity contribution in [3.05, 3.63) is 65.0 Å². The average molecular weight is 273 g/mol. The third-order valence-electron chi connectivity index (χ3n) is 3.38. The van der Waals surface area contributed by atoms with Crippen molar-refractivity contribution in [2.75, 3.05) is 13.7 Å². The smallest absolute Gasteiger partial charge is 0.123 e. The van der Waals surface area contributed by atoms with Gasteiger partial charge in [-0.05, 0) is 54.4 Å². The highest BCUT2D eigenvalue weighted by molar-refractivity contribution is 5.41. The topological polar surface area (TPSA) is 21.3 Å². The summed E-state index contributed by atoms with van der Waals surface area (Å²) in [6.07, 6.45) is 0. The van der Waals surface area contributed by atoms with Crippen LogP contribution in [0.2, 0.25) is 0 Å². The Morgan fingerprint density at radius 3 is 2.60 bits per heavy atom. The number of benzene rings is 2. The molecule has 1 N–H and O–H groups in total. The third kappa shape index (κ3) is 3.17. The molecule has 2 nitrogen and oxygen atoms in total. The van der Waals surface area contributed by atoms with Gasteiger partial charge >= 0.3 is 0 Å². The monoisotopic (exact) mass is 273 g/mol. The van der Waals surface area contributed by atoms with Gasteiger partial charge in [-0.25, -0.2) is 4.39 Å². The fourth-order valence-corrected chi connectivity index (χ4v) is 2.40. The average Bonchev–Trinajstić information content (AvgIpc) is 2.45. The van der Waals surface area contributed by atoms with Crippen molar-refractivity contribution in [3.63, 3.8) is 0 Å². The SMILES string of the molecule is CCNC(c1cccc(F)c1)c1ccc(OC)cc1C. The molecule has 0 aliphatic carbocycles. The standard InChI is InChI=1S/C17H20FNO/c1-4-19-17(13-6-5-7-14(18)11-13)16-9-8-15(20-3)10-12(16)2/h5-11,17,19H,4H2,1-3H3. The molecule has 0 saturated carbocycles. The van der Waals surface area contributed by atoms with Crippen molar-refractivity contribution in [3.8, 4) is 5.75 Å². The lowest BCUT2D eigenvalue weighted by molar-refractivity contribution is 0.414. The molecule has 0 saturated heterocycles. The molecule has 1 unspecified atom stereocenters. The molecular formula is C17H20FNO. The van der Waals surface area contributed by atoms with Gasteiger partial charge < -0.3 is 10.1 Å². The largest absolute Gasteiger partial charge is 0.497 e. The first-order valence-electron chi connectivity index (χ1n) is 6.79. The molecule has 2 aromatic rings. The van der Waals surface area contributed by atoms with E-state index in [1.54, 1.807) is 19.2 Å². The first kappa shape index (κ1) is 14.5. The van der Waals surface area contributed by atoms with E-state index in [-0.39, 0.29) is 11.9 Å². The number of ether oxygens (including phenoxy) is 1. The highest BCUT2D eigenvalue weighted by Gasteiger charge is 2.16. The molecule has 2 aromatic carbocycles. The highest BCUT2D eigenvalue weighted by Crippen LogP contribution is 2.27. The summed E-state index contributed by atoms with van der Waals surface area (Å²) in [5.41, 5.74) is 3.19. The Balaban J connectivity index is 2.43. The molecule has 0 spiro atoms. The molecule has 3 heteroatoms. The fourth-order valence-electron chi connectivity index (χ4n) is 2.40. The Labute approximate surface area is 119 Å². The molecule has 20 heavy (non-hydrogen) atoms. The van der Waals surface area contributed by atoms with Crippen molar-refractivity contribution < 1.29 is 9.13 Å². The van der Waals surface area contributed by atoms with E-state index < -0.39 is 0 Å². The predicted octanol–water partition coefficient (Wildman–Crippen LogP) is 3.84. The van der Waals surface area contributed by atoms with E-state index in [0.717, 1.165) is 29.0 Å². The summed E-state index contributed by atoms with van der Waals surface area (Å²) >= 11 is 0. The predicted molar refractivity (Wildman–Crippen MR) is 79.7 cm³/mol. The van der Waals surface area contributed by atoms with Crippen LogP contribution in [0.4, 0.5) is 4.39 Å². The van der Waals surface area contributed by atoms with Gasteiger partial charge in [0, 0.05) is 0 Å². The van der Waals surface area contributed by atoms with E-state index >= 15 is 0 Å². The molecule has 0 bridgehead atoms. The van der Waals surface area contributed by atoms with Crippen molar-refractivity contribution in [2.45, 2.75) is 19.9 Å². The zero-order valence-corrected chi connectivity index (χ0v) is 12.1. The molecule has 0 aromatic heterocycles. The molecule has 1 atom stereocenters. The lowest BCUT2D eigenvalue weighted by Gasteiger charge is -2.21. The molecular weight excluding hydrogens is 253 g/mol. The van der Waals surface area contributed by atoms with Gasteiger partial charge in [0.25, 0.3) is 0 Å². The third-order valence-corrected chi connectivity index (χ3v) is 3.38. The van der Waals surface area contributed by atoms with Crippen LogP contribution in [-0.4, -0.2) is 13.7 Å². The lowest BCUT2D eigenvalue weighted by atomic mass is 9.94. The number of hydrogen-bond acceptors (Lipinski definition) is 2. The maximum atomic E-state index is 13.5. The molecule has 0 amide bonds. The minimum absolute atomic E-state index is 0.0124. The Morgan fingerprint density at radius 1 is 1.20 bits per heavy atom. The molecule has 0 fully saturated rings. The van der Waals surface area contributed by atoms with Gasteiger partial charge in [-0.15, -0.1) is 0 Å². The van der Waals surface area contributed by atoms with E-state index in [2.05, 4.69) is 5.32 Å². The zero-order valence-electron chi connectivity index (χ0n) is 12.1. The maximum Gasteiger partial charge on any atom is 0.123 e. The number of halogens is 1. The normalized spacial score (nSPS) is 12.2. The highest BCUT2D eigenvalue weighted by atomic mass is 19.1. The van der Waals surface area contributed by atoms with E-state index in [0.29, 0.717) is 0 Å². The van der Waals surface area contributed by atoms with Crippen LogP contribution < -0.4 is 10.1 Å². The maximum absolute atomic E-state index is 13.5. The van der Waals surface area contributed by atoms with E-state index in [4.69, 9.17) is 4.74 Å². The van der Waals surface area contributed by atoms with E-state index in [1.807, 2.05) is 38.1 Å². The van der Waals surface area contributed by atoms with Gasteiger partial charge in [-0.1, -0.05) is 25.1 Å². The second kappa shape index (κ2) is 6.53. The summed E-state index contributed by atoms with van der Waals surface area (Å²) in [7, 11) is 1.66. The van der Waals surface area contributed by atoms with Gasteiger partial charge in [0.1, 0.15) is 11.6 Å². The molecule has 0 aliphatic heterocycles. The number of methoxy groups -OCH3 is 1. The molecule has 0 heterocycles. The number of nitrogens with one attached hydrogen (secondary N) is 1. The molecule has 106 valence electrons. The van der Waals surface area contributed by atoms with Crippen LogP contribution in [0.1, 0.15) is 29.7 Å². The molecule has 0 radical (unpaired) electrons.